The lowest BCUT2D eigenvalue weighted by Crippen LogP contribution is -2.45. The van der Waals surface area contributed by atoms with Crippen LogP contribution in [0.4, 0.5) is 5.95 Å². The molecule has 1 N–H and O–H groups in total. The van der Waals surface area contributed by atoms with Crippen molar-refractivity contribution in [3.63, 3.8) is 0 Å². The van der Waals surface area contributed by atoms with Crippen molar-refractivity contribution < 1.29 is 22.7 Å². The van der Waals surface area contributed by atoms with E-state index in [2.05, 4.69) is 24.7 Å². The molecule has 2 aromatic carbocycles. The molecule has 12 heteroatoms. The van der Waals surface area contributed by atoms with Gasteiger partial charge < -0.3 is 14.4 Å². The maximum Gasteiger partial charge on any atom is 0.264 e. The standard InChI is InChI=1S/C33H36N6O5S/c1-4-43-26-17-34-29(35-18-26)19-39-25(14-23-10-6-11-23)20-44-30-16-28(31-21(2)8-5-9-22(31)3)36-33(37-30)38-45(41,42)27-13-7-12-24(15-27)32(39)40/h5,7-9,12-13,15-18,23,25H,4,6,10-11,14,19-20H2,1-3H3,(H,36,37,38)/t25-/m1/s1. The Morgan fingerprint density at radius 3 is 2.44 bits per heavy atom. The van der Waals surface area contributed by atoms with E-state index in [1.165, 1.54) is 12.1 Å². The van der Waals surface area contributed by atoms with Gasteiger partial charge in [-0.2, -0.15) is 4.98 Å². The first kappa shape index (κ1) is 30.4. The van der Waals surface area contributed by atoms with Crippen LogP contribution in [0.25, 0.3) is 11.3 Å². The van der Waals surface area contributed by atoms with Crippen molar-refractivity contribution in [1.82, 2.24) is 24.8 Å². The van der Waals surface area contributed by atoms with Crippen LogP contribution in [0.3, 0.4) is 0 Å². The van der Waals surface area contributed by atoms with Gasteiger partial charge in [0.1, 0.15) is 12.4 Å². The molecule has 1 saturated carbocycles. The largest absolute Gasteiger partial charge is 0.491 e. The number of carbonyl (C=O) groups is 1. The minimum atomic E-state index is -4.16. The van der Waals surface area contributed by atoms with Crippen molar-refractivity contribution in [1.29, 1.82) is 0 Å². The van der Waals surface area contributed by atoms with Gasteiger partial charge in [0.25, 0.3) is 15.9 Å². The fourth-order valence-corrected chi connectivity index (χ4v) is 6.79. The average Bonchev–Trinajstić information content (AvgIpc) is 2.99. The van der Waals surface area contributed by atoms with Crippen molar-refractivity contribution in [3.05, 3.63) is 83.4 Å². The molecule has 1 aliphatic carbocycles. The van der Waals surface area contributed by atoms with E-state index in [9.17, 15) is 13.2 Å². The Morgan fingerprint density at radius 2 is 1.76 bits per heavy atom. The molecule has 234 valence electrons. The van der Waals surface area contributed by atoms with E-state index < -0.39 is 10.0 Å². The van der Waals surface area contributed by atoms with Gasteiger partial charge in [0.05, 0.1) is 42.2 Å². The van der Waals surface area contributed by atoms with E-state index in [1.54, 1.807) is 35.5 Å². The molecule has 3 heterocycles. The van der Waals surface area contributed by atoms with E-state index in [0.717, 1.165) is 36.0 Å². The van der Waals surface area contributed by atoms with Gasteiger partial charge in [-0.3, -0.25) is 4.79 Å². The molecule has 1 atom stereocenters. The summed E-state index contributed by atoms with van der Waals surface area (Å²) in [6.45, 7) is 6.55. The number of nitrogens with zero attached hydrogens (tertiary/aromatic N) is 5. The molecule has 11 nitrogen and oxygen atoms in total. The predicted molar refractivity (Wildman–Crippen MR) is 169 cm³/mol. The molecule has 1 aliphatic heterocycles. The molecule has 4 aromatic rings. The quantitative estimate of drug-likeness (QED) is 0.287. The van der Waals surface area contributed by atoms with E-state index in [0.29, 0.717) is 36.2 Å². The number of sulfonamides is 1. The highest BCUT2D eigenvalue weighted by molar-refractivity contribution is 7.92. The summed E-state index contributed by atoms with van der Waals surface area (Å²) in [5.74, 6) is 1.15. The Balaban J connectivity index is 1.46. The number of hydrogen-bond acceptors (Lipinski definition) is 9. The Labute approximate surface area is 263 Å². The van der Waals surface area contributed by atoms with Gasteiger partial charge in [-0.05, 0) is 62.4 Å². The Morgan fingerprint density at radius 1 is 1.02 bits per heavy atom. The van der Waals surface area contributed by atoms with Crippen LogP contribution in [0.1, 0.15) is 59.9 Å². The minimum Gasteiger partial charge on any atom is -0.491 e. The molecule has 2 aromatic heterocycles. The molecule has 4 bridgehead atoms. The smallest absolute Gasteiger partial charge is 0.264 e. The molecule has 0 unspecified atom stereocenters. The third-order valence-corrected chi connectivity index (χ3v) is 9.64. The number of anilines is 1. The number of ether oxygens (including phenoxy) is 2. The first-order valence-corrected chi connectivity index (χ1v) is 16.6. The van der Waals surface area contributed by atoms with Gasteiger partial charge in [-0.25, -0.2) is 28.1 Å². The number of rotatable bonds is 7. The maximum atomic E-state index is 14.2. The van der Waals surface area contributed by atoms with E-state index in [4.69, 9.17) is 9.47 Å². The summed E-state index contributed by atoms with van der Waals surface area (Å²) in [4.78, 5) is 33.8. The predicted octanol–water partition coefficient (Wildman–Crippen LogP) is 5.34. The zero-order valence-corrected chi connectivity index (χ0v) is 26.4. The second-order valence-electron chi connectivity index (χ2n) is 11.5. The van der Waals surface area contributed by atoms with Crippen molar-refractivity contribution >= 4 is 21.9 Å². The zero-order valence-electron chi connectivity index (χ0n) is 25.6. The lowest BCUT2D eigenvalue weighted by Gasteiger charge is -2.36. The molecule has 45 heavy (non-hydrogen) atoms. The first-order chi connectivity index (χ1) is 21.7. The summed E-state index contributed by atoms with van der Waals surface area (Å²) in [5, 5.41) is 0. The second-order valence-corrected chi connectivity index (χ2v) is 13.2. The third-order valence-electron chi connectivity index (χ3n) is 8.32. The number of carbonyl (C=O) groups excluding carboxylic acids is 1. The molecule has 2 aliphatic rings. The summed E-state index contributed by atoms with van der Waals surface area (Å²) < 4.78 is 41.5. The number of aryl methyl sites for hydroxylation is 2. The van der Waals surface area contributed by atoms with Crippen LogP contribution in [0.15, 0.2) is 65.8 Å². The summed E-state index contributed by atoms with van der Waals surface area (Å²) in [6, 6.07) is 13.3. The lowest BCUT2D eigenvalue weighted by atomic mass is 9.80. The molecule has 1 fully saturated rings. The fraction of sp³-hybridized carbons (Fsp3) is 0.364. The summed E-state index contributed by atoms with van der Waals surface area (Å²) in [6.07, 6.45) is 7.18. The molecule has 0 saturated heterocycles. The highest BCUT2D eigenvalue weighted by Gasteiger charge is 2.32. The molecule has 6 rings (SSSR count). The highest BCUT2D eigenvalue weighted by atomic mass is 32.2. The zero-order chi connectivity index (χ0) is 31.6. The summed E-state index contributed by atoms with van der Waals surface area (Å²) in [5.41, 5.74) is 3.59. The average molecular weight is 629 g/mol. The number of benzene rings is 2. The van der Waals surface area contributed by atoms with Crippen LogP contribution in [0.5, 0.6) is 11.6 Å². The Bertz CT molecular complexity index is 1790. The number of nitrogens with one attached hydrogen (secondary N) is 1. The monoisotopic (exact) mass is 628 g/mol. The second kappa shape index (κ2) is 12.8. The van der Waals surface area contributed by atoms with Crippen LogP contribution in [-0.2, 0) is 16.6 Å². The lowest BCUT2D eigenvalue weighted by molar-refractivity contribution is 0.0504. The van der Waals surface area contributed by atoms with E-state index in [-0.39, 0.29) is 47.4 Å². The number of fused-ring (bicyclic) bond motifs is 4. The third kappa shape index (κ3) is 6.75. The van der Waals surface area contributed by atoms with Gasteiger partial charge >= 0.3 is 0 Å². The number of hydrogen-bond donors (Lipinski definition) is 1. The van der Waals surface area contributed by atoms with Crippen LogP contribution >= 0.6 is 0 Å². The van der Waals surface area contributed by atoms with Gasteiger partial charge in [0.15, 0.2) is 5.75 Å². The number of aromatic nitrogens is 4. The van der Waals surface area contributed by atoms with Crippen molar-refractivity contribution in [3.8, 4) is 22.9 Å². The normalized spacial score (nSPS) is 18.0. The van der Waals surface area contributed by atoms with Crippen molar-refractivity contribution in [2.75, 3.05) is 17.9 Å². The summed E-state index contributed by atoms with van der Waals surface area (Å²) in [7, 11) is -4.16. The van der Waals surface area contributed by atoms with Crippen LogP contribution in [0.2, 0.25) is 0 Å². The van der Waals surface area contributed by atoms with Gasteiger partial charge in [0.2, 0.25) is 11.8 Å². The highest BCUT2D eigenvalue weighted by Crippen LogP contribution is 2.34. The number of amides is 1. The minimum absolute atomic E-state index is 0.0797. The van der Waals surface area contributed by atoms with Gasteiger partial charge in [-0.1, -0.05) is 43.5 Å². The van der Waals surface area contributed by atoms with Crippen LogP contribution in [-0.4, -0.2) is 58.4 Å². The maximum absolute atomic E-state index is 14.2. The molecule has 1 amide bonds. The Kier molecular flexibility index (Phi) is 8.66. The van der Waals surface area contributed by atoms with Crippen molar-refractivity contribution in [2.45, 2.75) is 63.9 Å². The molecule has 0 radical (unpaired) electrons. The molecular formula is C33H36N6O5S. The fourth-order valence-electron chi connectivity index (χ4n) is 5.80. The first-order valence-electron chi connectivity index (χ1n) is 15.2. The topological polar surface area (TPSA) is 136 Å². The molecular weight excluding hydrogens is 592 g/mol. The van der Waals surface area contributed by atoms with Gasteiger partial charge in [-0.15, -0.1) is 0 Å². The van der Waals surface area contributed by atoms with E-state index >= 15 is 0 Å². The summed E-state index contributed by atoms with van der Waals surface area (Å²) >= 11 is 0. The van der Waals surface area contributed by atoms with Gasteiger partial charge in [0, 0.05) is 17.2 Å². The molecule has 0 spiro atoms. The van der Waals surface area contributed by atoms with E-state index in [1.807, 2.05) is 39.0 Å². The van der Waals surface area contributed by atoms with Crippen molar-refractivity contribution in [2.24, 2.45) is 5.92 Å². The Hall–Kier alpha value is -4.58. The van der Waals surface area contributed by atoms with Crippen LogP contribution < -0.4 is 14.2 Å². The SMILES string of the molecule is CCOc1cnc(CN2C(=O)c3cccc(c3)S(=O)(=O)Nc3nc(cc(-c4c(C)cccc4C)n3)OC[C@H]2CC2CCC2)nc1. The van der Waals surface area contributed by atoms with Crippen LogP contribution in [0, 0.1) is 19.8 Å².